The lowest BCUT2D eigenvalue weighted by molar-refractivity contribution is 0.0756. The number of H-pyrrole nitrogens is 1. The first-order valence-corrected chi connectivity index (χ1v) is 8.71. The molecule has 1 N–H and O–H groups in total. The van der Waals surface area contributed by atoms with Crippen LogP contribution in [-0.2, 0) is 11.3 Å². The zero-order valence-corrected chi connectivity index (χ0v) is 14.8. The molecule has 0 aliphatic carbocycles. The monoisotopic (exact) mass is 344 g/mol. The highest BCUT2D eigenvalue weighted by Gasteiger charge is 2.16. The first-order chi connectivity index (χ1) is 11.6. The molecule has 0 saturated carbocycles. The topological polar surface area (TPSA) is 71.1 Å². The average molecular weight is 344 g/mol. The van der Waals surface area contributed by atoms with Gasteiger partial charge in [0.2, 0.25) is 0 Å². The van der Waals surface area contributed by atoms with E-state index in [2.05, 4.69) is 15.0 Å². The molecule has 3 aromatic rings. The van der Waals surface area contributed by atoms with Crippen LogP contribution in [0.15, 0.2) is 29.9 Å². The highest BCUT2D eigenvalue weighted by Crippen LogP contribution is 2.22. The maximum absolute atomic E-state index is 12.6. The Morgan fingerprint density at radius 2 is 2.29 bits per heavy atom. The second kappa shape index (κ2) is 7.11. The molecule has 0 bridgehead atoms. The lowest BCUT2D eigenvalue weighted by atomic mass is 10.2. The second-order valence-corrected chi connectivity index (χ2v) is 6.46. The van der Waals surface area contributed by atoms with E-state index in [9.17, 15) is 4.79 Å². The number of aromatic amines is 1. The largest absolute Gasteiger partial charge is 0.372 e. The van der Waals surface area contributed by atoms with E-state index in [4.69, 9.17) is 4.74 Å². The van der Waals surface area contributed by atoms with Gasteiger partial charge >= 0.3 is 0 Å². The number of hydrogen-bond donors (Lipinski definition) is 1. The molecule has 0 radical (unpaired) electrons. The van der Waals surface area contributed by atoms with Crippen molar-refractivity contribution in [2.24, 2.45) is 0 Å². The van der Waals surface area contributed by atoms with E-state index in [0.717, 1.165) is 21.7 Å². The van der Waals surface area contributed by atoms with Crippen molar-refractivity contribution in [2.45, 2.75) is 26.5 Å². The molecule has 0 aliphatic heterocycles. The molecule has 24 heavy (non-hydrogen) atoms. The number of amides is 1. The predicted octanol–water partition coefficient (Wildman–Crippen LogP) is 3.39. The van der Waals surface area contributed by atoms with Gasteiger partial charge in [-0.1, -0.05) is 0 Å². The van der Waals surface area contributed by atoms with E-state index in [-0.39, 0.29) is 12.0 Å². The quantitative estimate of drug-likeness (QED) is 0.744. The number of rotatable bonds is 6. The van der Waals surface area contributed by atoms with Crippen molar-refractivity contribution in [3.63, 3.8) is 0 Å². The normalized spacial score (nSPS) is 12.5. The Labute approximate surface area is 144 Å². The third kappa shape index (κ3) is 3.47. The summed E-state index contributed by atoms with van der Waals surface area (Å²) in [7, 11) is 1.78. The predicted molar refractivity (Wildman–Crippen MR) is 94.0 cm³/mol. The minimum atomic E-state index is -0.0427. The zero-order chi connectivity index (χ0) is 17.1. The molecule has 1 aromatic carbocycles. The molecule has 2 heterocycles. The van der Waals surface area contributed by atoms with Crippen molar-refractivity contribution >= 4 is 28.3 Å². The molecule has 6 nitrogen and oxygen atoms in total. The van der Waals surface area contributed by atoms with Gasteiger partial charge in [0.25, 0.3) is 5.91 Å². The molecule has 126 valence electrons. The number of nitrogens with zero attached hydrogens (tertiary/aromatic N) is 3. The fourth-order valence-electron chi connectivity index (χ4n) is 2.51. The van der Waals surface area contributed by atoms with Gasteiger partial charge in [0.1, 0.15) is 11.1 Å². The number of carbonyl (C=O) groups excluding carboxylic acids is 1. The van der Waals surface area contributed by atoms with E-state index >= 15 is 0 Å². The Morgan fingerprint density at radius 1 is 1.46 bits per heavy atom. The summed E-state index contributed by atoms with van der Waals surface area (Å²) in [5.41, 5.74) is 3.21. The molecule has 1 amide bonds. The van der Waals surface area contributed by atoms with E-state index in [1.807, 2.05) is 31.4 Å². The van der Waals surface area contributed by atoms with Gasteiger partial charge in [-0.05, 0) is 32.0 Å². The highest BCUT2D eigenvalue weighted by molar-refractivity contribution is 7.09. The average Bonchev–Trinajstić information content (AvgIpc) is 3.22. The molecule has 0 aliphatic rings. The molecular formula is C17H20N4O2S. The van der Waals surface area contributed by atoms with Crippen LogP contribution < -0.4 is 0 Å². The summed E-state index contributed by atoms with van der Waals surface area (Å²) in [5, 5.41) is 2.92. The third-order valence-corrected chi connectivity index (χ3v) is 4.80. The van der Waals surface area contributed by atoms with Gasteiger partial charge in [0.05, 0.1) is 29.6 Å². The Balaban J connectivity index is 1.69. The van der Waals surface area contributed by atoms with Crippen molar-refractivity contribution in [1.82, 2.24) is 19.9 Å². The van der Waals surface area contributed by atoms with Crippen LogP contribution in [0.1, 0.15) is 41.0 Å². The first-order valence-electron chi connectivity index (χ1n) is 7.83. The molecule has 0 fully saturated rings. The number of aromatic nitrogens is 3. The molecule has 0 saturated heterocycles. The number of carbonyl (C=O) groups is 1. The Morgan fingerprint density at radius 3 is 3.08 bits per heavy atom. The van der Waals surface area contributed by atoms with Crippen LogP contribution in [0.3, 0.4) is 0 Å². The van der Waals surface area contributed by atoms with Crippen LogP contribution in [0.5, 0.6) is 0 Å². The molecular weight excluding hydrogens is 324 g/mol. The maximum Gasteiger partial charge on any atom is 0.254 e. The number of thiazole rings is 1. The second-order valence-electron chi connectivity index (χ2n) is 5.57. The summed E-state index contributed by atoms with van der Waals surface area (Å²) in [6.45, 7) is 5.08. The summed E-state index contributed by atoms with van der Waals surface area (Å²) >= 11 is 1.56. The lowest BCUT2D eigenvalue weighted by Gasteiger charge is -2.16. The number of benzene rings is 1. The number of hydrogen-bond acceptors (Lipinski definition) is 5. The summed E-state index contributed by atoms with van der Waals surface area (Å²) in [6, 6.07) is 5.47. The van der Waals surface area contributed by atoms with E-state index < -0.39 is 0 Å². The summed E-state index contributed by atoms with van der Waals surface area (Å²) in [5.74, 6) is -0.0427. The summed E-state index contributed by atoms with van der Waals surface area (Å²) in [6.07, 6.45) is 1.61. The zero-order valence-electron chi connectivity index (χ0n) is 13.9. The van der Waals surface area contributed by atoms with Crippen LogP contribution in [0.25, 0.3) is 11.0 Å². The highest BCUT2D eigenvalue weighted by atomic mass is 32.1. The molecule has 0 unspecified atom stereocenters. The van der Waals surface area contributed by atoms with Gasteiger partial charge in [-0.25, -0.2) is 9.97 Å². The van der Waals surface area contributed by atoms with Crippen LogP contribution in [-0.4, -0.2) is 39.4 Å². The molecule has 3 rings (SSSR count). The Hall–Kier alpha value is -2.25. The number of imidazole rings is 1. The minimum Gasteiger partial charge on any atom is -0.372 e. The van der Waals surface area contributed by atoms with Crippen LogP contribution in [0, 0.1) is 0 Å². The maximum atomic E-state index is 12.6. The van der Waals surface area contributed by atoms with Crippen LogP contribution >= 0.6 is 11.3 Å². The van der Waals surface area contributed by atoms with Crippen molar-refractivity contribution in [3.8, 4) is 0 Å². The van der Waals surface area contributed by atoms with Crippen LogP contribution in [0.2, 0.25) is 0 Å². The van der Waals surface area contributed by atoms with Gasteiger partial charge in [-0.3, -0.25) is 4.79 Å². The van der Waals surface area contributed by atoms with Crippen molar-refractivity contribution in [2.75, 3.05) is 13.7 Å². The van der Waals surface area contributed by atoms with Gasteiger partial charge in [-0.2, -0.15) is 0 Å². The van der Waals surface area contributed by atoms with Gasteiger partial charge < -0.3 is 14.6 Å². The summed E-state index contributed by atoms with van der Waals surface area (Å²) < 4.78 is 5.55. The van der Waals surface area contributed by atoms with Crippen LogP contribution in [0.4, 0.5) is 0 Å². The van der Waals surface area contributed by atoms with Crippen molar-refractivity contribution < 1.29 is 9.53 Å². The molecule has 1 atom stereocenters. The fraction of sp³-hybridized carbons (Fsp3) is 0.353. The smallest absolute Gasteiger partial charge is 0.254 e. The summed E-state index contributed by atoms with van der Waals surface area (Å²) in [4.78, 5) is 26.0. The van der Waals surface area contributed by atoms with E-state index in [0.29, 0.717) is 18.7 Å². The fourth-order valence-corrected chi connectivity index (χ4v) is 3.32. The van der Waals surface area contributed by atoms with Crippen molar-refractivity contribution in [1.29, 1.82) is 0 Å². The Kier molecular flexibility index (Phi) is 4.92. The Bertz CT molecular complexity index is 842. The molecule has 0 spiro atoms. The van der Waals surface area contributed by atoms with Gasteiger partial charge in [0.15, 0.2) is 0 Å². The third-order valence-electron chi connectivity index (χ3n) is 3.75. The standard InChI is InChI=1S/C17H20N4O2S/c1-4-23-11(2)16-20-13(9-24-16)8-21(3)17(22)12-5-6-14-15(7-12)19-10-18-14/h5-7,9-11H,4,8H2,1-3H3,(H,18,19)/t11-/m0/s1. The lowest BCUT2D eigenvalue weighted by Crippen LogP contribution is -2.26. The van der Waals surface area contributed by atoms with E-state index in [1.54, 1.807) is 35.7 Å². The van der Waals surface area contributed by atoms with E-state index in [1.165, 1.54) is 0 Å². The number of ether oxygens (including phenoxy) is 1. The minimum absolute atomic E-state index is 0.0162. The molecule has 2 aromatic heterocycles. The number of fused-ring (bicyclic) bond motifs is 1. The number of nitrogens with one attached hydrogen (secondary N) is 1. The van der Waals surface area contributed by atoms with Gasteiger partial charge in [0, 0.05) is 24.6 Å². The van der Waals surface area contributed by atoms with Crippen molar-refractivity contribution in [3.05, 3.63) is 46.2 Å². The SMILES string of the molecule is CCO[C@@H](C)c1nc(CN(C)C(=O)c2ccc3nc[nH]c3c2)cs1. The molecule has 7 heteroatoms. The first kappa shape index (κ1) is 16.6. The van der Waals surface area contributed by atoms with Gasteiger partial charge in [-0.15, -0.1) is 11.3 Å².